The van der Waals surface area contributed by atoms with E-state index in [0.717, 1.165) is 25.0 Å². The lowest BCUT2D eigenvalue weighted by Crippen LogP contribution is -2.37. The van der Waals surface area contributed by atoms with Crippen LogP contribution in [0.25, 0.3) is 0 Å². The van der Waals surface area contributed by atoms with E-state index in [4.69, 9.17) is 50.0 Å². The Hall–Kier alpha value is -2.38. The molecule has 37 heavy (non-hydrogen) atoms. The standard InChI is InChI=1S/C21H21Cl3F2N4O6.ClH/c1-10(11-2-3-11)29-8-15(24)28-18(19(29)32)30(21(33)35-9-34-16(31)4-5-27)17-13(22)6-12(7-14(17)23)36-20(25)26;/h6-8,10-11,20H,2-5,9,27H2,1H3;1H/t10-;/m0./s1. The molecule has 0 bridgehead atoms. The molecule has 16 heteroatoms. The SMILES string of the molecule is C[C@@H](C1CC1)n1cc(Cl)nc(N(C(=O)OCOC(=O)CCN)c2c(Cl)cc(OC(F)F)cc2Cl)c1=O.Cl. The molecule has 1 aliphatic carbocycles. The van der Waals surface area contributed by atoms with Crippen LogP contribution >= 0.6 is 47.2 Å². The van der Waals surface area contributed by atoms with Gasteiger partial charge in [-0.2, -0.15) is 8.78 Å². The van der Waals surface area contributed by atoms with Crippen molar-refractivity contribution in [1.82, 2.24) is 9.55 Å². The van der Waals surface area contributed by atoms with Gasteiger partial charge in [0.25, 0.3) is 5.56 Å². The number of alkyl halides is 2. The third kappa shape index (κ3) is 7.81. The van der Waals surface area contributed by atoms with Crippen LogP contribution in [0, 0.1) is 5.92 Å². The lowest BCUT2D eigenvalue weighted by Gasteiger charge is -2.25. The molecule has 2 aromatic rings. The summed E-state index contributed by atoms with van der Waals surface area (Å²) in [5.74, 6) is -1.43. The van der Waals surface area contributed by atoms with Crippen LogP contribution in [0.1, 0.15) is 32.2 Å². The molecule has 1 aromatic carbocycles. The molecule has 0 radical (unpaired) electrons. The molecule has 10 nitrogen and oxygen atoms in total. The van der Waals surface area contributed by atoms with Crippen LogP contribution in [0.15, 0.2) is 23.1 Å². The third-order valence-electron chi connectivity index (χ3n) is 5.21. The fraction of sp³-hybridized carbons (Fsp3) is 0.429. The molecule has 1 atom stereocenters. The minimum atomic E-state index is -3.17. The van der Waals surface area contributed by atoms with E-state index in [-0.39, 0.29) is 58.2 Å². The largest absolute Gasteiger partial charge is 0.435 e. The number of ether oxygens (including phenoxy) is 3. The number of esters is 1. The summed E-state index contributed by atoms with van der Waals surface area (Å²) in [4.78, 5) is 42.7. The van der Waals surface area contributed by atoms with E-state index < -0.39 is 42.6 Å². The minimum Gasteiger partial charge on any atom is -0.435 e. The van der Waals surface area contributed by atoms with Gasteiger partial charge in [0, 0.05) is 30.9 Å². The normalized spacial score (nSPS) is 13.5. The number of hydrogen-bond donors (Lipinski definition) is 1. The molecule has 0 spiro atoms. The summed E-state index contributed by atoms with van der Waals surface area (Å²) >= 11 is 18.7. The highest BCUT2D eigenvalue weighted by Gasteiger charge is 2.34. The van der Waals surface area contributed by atoms with E-state index >= 15 is 0 Å². The van der Waals surface area contributed by atoms with Gasteiger partial charge < -0.3 is 24.5 Å². The van der Waals surface area contributed by atoms with Crippen LogP contribution in [0.2, 0.25) is 15.2 Å². The Kier molecular flexibility index (Phi) is 11.2. The van der Waals surface area contributed by atoms with Gasteiger partial charge in [0.1, 0.15) is 10.9 Å². The molecule has 204 valence electrons. The van der Waals surface area contributed by atoms with Gasteiger partial charge in [-0.05, 0) is 25.7 Å². The Labute approximate surface area is 230 Å². The van der Waals surface area contributed by atoms with Crippen molar-refractivity contribution in [3.05, 3.63) is 43.9 Å². The highest BCUT2D eigenvalue weighted by Crippen LogP contribution is 2.42. The summed E-state index contributed by atoms with van der Waals surface area (Å²) in [6, 6.07) is 1.67. The van der Waals surface area contributed by atoms with Gasteiger partial charge in [-0.1, -0.05) is 34.8 Å². The second-order valence-corrected chi connectivity index (χ2v) is 8.91. The number of halogens is 6. The Morgan fingerprint density at radius 2 is 1.84 bits per heavy atom. The molecule has 1 amide bonds. The fourth-order valence-corrected chi connectivity index (χ4v) is 4.15. The average molecular weight is 606 g/mol. The van der Waals surface area contributed by atoms with Gasteiger partial charge in [0.05, 0.1) is 22.2 Å². The summed E-state index contributed by atoms with van der Waals surface area (Å²) in [6.45, 7) is -2.17. The van der Waals surface area contributed by atoms with Crippen molar-refractivity contribution in [2.75, 3.05) is 18.2 Å². The van der Waals surface area contributed by atoms with Gasteiger partial charge in [0.15, 0.2) is 0 Å². The number of rotatable bonds is 10. The minimum absolute atomic E-state index is 0. The van der Waals surface area contributed by atoms with Crippen LogP contribution in [0.4, 0.5) is 25.1 Å². The summed E-state index contributed by atoms with van der Waals surface area (Å²) in [5, 5.41) is -0.828. The number of anilines is 2. The molecule has 1 aliphatic rings. The third-order valence-corrected chi connectivity index (χ3v) is 5.97. The van der Waals surface area contributed by atoms with Crippen LogP contribution in [0.5, 0.6) is 5.75 Å². The van der Waals surface area contributed by atoms with Crippen LogP contribution in [-0.4, -0.2) is 41.6 Å². The summed E-state index contributed by atoms with van der Waals surface area (Å²) in [6.07, 6.45) is 1.76. The molecule has 2 N–H and O–H groups in total. The maximum Gasteiger partial charge on any atom is 0.423 e. The molecule has 0 saturated heterocycles. The molecule has 0 aliphatic heterocycles. The van der Waals surface area contributed by atoms with Crippen molar-refractivity contribution >= 4 is 70.8 Å². The summed E-state index contributed by atoms with van der Waals surface area (Å²) < 4.78 is 40.7. The number of hydrogen-bond acceptors (Lipinski definition) is 8. The molecular weight excluding hydrogens is 584 g/mol. The average Bonchev–Trinajstić information content (AvgIpc) is 3.62. The van der Waals surface area contributed by atoms with E-state index in [0.29, 0.717) is 4.90 Å². The zero-order valence-electron chi connectivity index (χ0n) is 19.2. The van der Waals surface area contributed by atoms with Gasteiger partial charge >= 0.3 is 18.7 Å². The fourth-order valence-electron chi connectivity index (χ4n) is 3.33. The first-order valence-electron chi connectivity index (χ1n) is 10.6. The monoisotopic (exact) mass is 604 g/mol. The number of aromatic nitrogens is 2. The Bertz CT molecular complexity index is 1180. The number of carbonyl (C=O) groups excluding carboxylic acids is 2. The van der Waals surface area contributed by atoms with E-state index in [2.05, 4.69) is 9.72 Å². The van der Waals surface area contributed by atoms with Gasteiger partial charge in [-0.25, -0.2) is 14.7 Å². The predicted molar refractivity (Wildman–Crippen MR) is 135 cm³/mol. The Morgan fingerprint density at radius 3 is 2.38 bits per heavy atom. The molecule has 0 unspecified atom stereocenters. The van der Waals surface area contributed by atoms with Gasteiger partial charge in [-0.3, -0.25) is 9.59 Å². The molecule has 1 saturated carbocycles. The first-order chi connectivity index (χ1) is 17.0. The number of carbonyl (C=O) groups is 2. The van der Waals surface area contributed by atoms with Gasteiger partial charge in [0.2, 0.25) is 12.6 Å². The molecular formula is C21H22Cl4F2N4O6. The number of nitrogens with zero attached hydrogens (tertiary/aromatic N) is 3. The topological polar surface area (TPSA) is 126 Å². The van der Waals surface area contributed by atoms with Crippen molar-refractivity contribution in [3.8, 4) is 5.75 Å². The van der Waals surface area contributed by atoms with Crippen LogP contribution < -0.4 is 20.9 Å². The lowest BCUT2D eigenvalue weighted by molar-refractivity contribution is -0.151. The summed E-state index contributed by atoms with van der Waals surface area (Å²) in [7, 11) is 0. The van der Waals surface area contributed by atoms with Crippen LogP contribution in [0.3, 0.4) is 0 Å². The second-order valence-electron chi connectivity index (χ2n) is 7.71. The van der Waals surface area contributed by atoms with Crippen molar-refractivity contribution in [2.24, 2.45) is 11.7 Å². The van der Waals surface area contributed by atoms with E-state index in [9.17, 15) is 23.2 Å². The first kappa shape index (κ1) is 30.8. The first-order valence-corrected chi connectivity index (χ1v) is 11.7. The van der Waals surface area contributed by atoms with E-state index in [1.165, 1.54) is 10.8 Å². The van der Waals surface area contributed by atoms with Crippen molar-refractivity contribution in [1.29, 1.82) is 0 Å². The molecule has 1 aromatic heterocycles. The number of nitrogens with two attached hydrogens (primary N) is 1. The van der Waals surface area contributed by atoms with Crippen molar-refractivity contribution < 1.29 is 32.6 Å². The summed E-state index contributed by atoms with van der Waals surface area (Å²) in [5.41, 5.74) is 4.22. The maximum atomic E-state index is 13.4. The quantitative estimate of drug-likeness (QED) is 0.285. The number of benzene rings is 1. The maximum absolute atomic E-state index is 13.4. The predicted octanol–water partition coefficient (Wildman–Crippen LogP) is 5.32. The molecule has 3 rings (SSSR count). The Morgan fingerprint density at radius 1 is 1.22 bits per heavy atom. The van der Waals surface area contributed by atoms with E-state index in [1.807, 2.05) is 6.92 Å². The highest BCUT2D eigenvalue weighted by atomic mass is 35.5. The number of amides is 1. The van der Waals surface area contributed by atoms with Crippen molar-refractivity contribution in [2.45, 2.75) is 38.8 Å². The molecule has 1 heterocycles. The van der Waals surface area contributed by atoms with Crippen LogP contribution in [-0.2, 0) is 14.3 Å². The zero-order valence-corrected chi connectivity index (χ0v) is 22.3. The lowest BCUT2D eigenvalue weighted by atomic mass is 10.2. The van der Waals surface area contributed by atoms with Gasteiger partial charge in [-0.15, -0.1) is 12.4 Å². The van der Waals surface area contributed by atoms with E-state index in [1.54, 1.807) is 0 Å². The molecule has 1 fully saturated rings. The van der Waals surface area contributed by atoms with Crippen molar-refractivity contribution in [3.63, 3.8) is 0 Å². The Balaban J connectivity index is 0.00000481. The highest BCUT2D eigenvalue weighted by molar-refractivity contribution is 6.40. The second kappa shape index (κ2) is 13.4. The smallest absolute Gasteiger partial charge is 0.423 e. The zero-order chi connectivity index (χ0) is 26.6.